The lowest BCUT2D eigenvalue weighted by Crippen LogP contribution is -2.26. The van der Waals surface area contributed by atoms with Crippen molar-refractivity contribution in [2.75, 3.05) is 6.61 Å². The fraction of sp³-hybridized carbons (Fsp3) is 1.00. The summed E-state index contributed by atoms with van der Waals surface area (Å²) in [6.07, 6.45) is 5.74. The van der Waals surface area contributed by atoms with Gasteiger partial charge in [0, 0.05) is 12.6 Å². The molecular weight excluding hydrogens is 126 g/mol. The first-order valence-corrected chi connectivity index (χ1v) is 4.19. The minimum absolute atomic E-state index is 0.347. The van der Waals surface area contributed by atoms with E-state index in [1.807, 2.05) is 0 Å². The number of hydrogen-bond donors (Lipinski definition) is 2. The van der Waals surface area contributed by atoms with E-state index in [2.05, 4.69) is 0 Å². The van der Waals surface area contributed by atoms with Gasteiger partial charge in [0.1, 0.15) is 0 Å². The van der Waals surface area contributed by atoms with Crippen LogP contribution in [0.2, 0.25) is 0 Å². The molecule has 0 unspecified atom stereocenters. The highest BCUT2D eigenvalue weighted by Gasteiger charge is 2.17. The van der Waals surface area contributed by atoms with E-state index in [9.17, 15) is 0 Å². The van der Waals surface area contributed by atoms with Crippen LogP contribution in [0.1, 0.15) is 32.1 Å². The minimum atomic E-state index is 0.347. The second-order valence-electron chi connectivity index (χ2n) is 3.29. The zero-order valence-electron chi connectivity index (χ0n) is 6.42. The molecule has 0 aliphatic heterocycles. The average Bonchev–Trinajstić information content (AvgIpc) is 1.95. The molecule has 0 bridgehead atoms. The van der Waals surface area contributed by atoms with Crippen LogP contribution in [0.4, 0.5) is 0 Å². The predicted octanol–water partition coefficient (Wildman–Crippen LogP) is 0.886. The van der Waals surface area contributed by atoms with Crippen molar-refractivity contribution in [3.8, 4) is 0 Å². The molecule has 0 aromatic rings. The first-order chi connectivity index (χ1) is 4.83. The SMILES string of the molecule is NC1CCC(CCO)CC1. The summed E-state index contributed by atoms with van der Waals surface area (Å²) in [6.45, 7) is 0.347. The first-order valence-electron chi connectivity index (χ1n) is 4.19. The Morgan fingerprint density at radius 1 is 1.20 bits per heavy atom. The van der Waals surface area contributed by atoms with Gasteiger partial charge in [0.15, 0.2) is 0 Å². The molecule has 0 radical (unpaired) electrons. The largest absolute Gasteiger partial charge is 0.396 e. The topological polar surface area (TPSA) is 46.2 Å². The third-order valence-electron chi connectivity index (χ3n) is 2.43. The van der Waals surface area contributed by atoms with Gasteiger partial charge in [0.05, 0.1) is 0 Å². The van der Waals surface area contributed by atoms with Crippen LogP contribution in [0.15, 0.2) is 0 Å². The minimum Gasteiger partial charge on any atom is -0.396 e. The number of rotatable bonds is 2. The molecule has 0 amide bonds. The molecule has 0 aromatic carbocycles. The monoisotopic (exact) mass is 143 g/mol. The lowest BCUT2D eigenvalue weighted by molar-refractivity contribution is 0.223. The van der Waals surface area contributed by atoms with E-state index in [1.165, 1.54) is 12.8 Å². The highest BCUT2D eigenvalue weighted by Crippen LogP contribution is 2.25. The first kappa shape index (κ1) is 8.02. The van der Waals surface area contributed by atoms with Gasteiger partial charge in [-0.2, -0.15) is 0 Å². The van der Waals surface area contributed by atoms with Crippen molar-refractivity contribution < 1.29 is 5.11 Å². The van der Waals surface area contributed by atoms with Gasteiger partial charge in [-0.3, -0.25) is 0 Å². The molecular formula is C8H17NO. The molecule has 1 saturated carbocycles. The van der Waals surface area contributed by atoms with Crippen molar-refractivity contribution in [2.24, 2.45) is 11.7 Å². The standard InChI is InChI=1S/C8H17NO/c9-8-3-1-7(2-4-8)5-6-10/h7-8,10H,1-6,9H2. The predicted molar refractivity (Wildman–Crippen MR) is 41.6 cm³/mol. The number of nitrogens with two attached hydrogens (primary N) is 1. The van der Waals surface area contributed by atoms with Crippen LogP contribution < -0.4 is 5.73 Å². The molecule has 1 aliphatic carbocycles. The molecule has 0 saturated heterocycles. The molecule has 0 spiro atoms. The van der Waals surface area contributed by atoms with E-state index < -0.39 is 0 Å². The van der Waals surface area contributed by atoms with Crippen molar-refractivity contribution in [3.63, 3.8) is 0 Å². The third kappa shape index (κ3) is 2.27. The maximum atomic E-state index is 8.65. The molecule has 3 N–H and O–H groups in total. The van der Waals surface area contributed by atoms with Crippen LogP contribution in [-0.4, -0.2) is 17.8 Å². The quantitative estimate of drug-likeness (QED) is 0.603. The lowest BCUT2D eigenvalue weighted by atomic mass is 9.85. The molecule has 0 atom stereocenters. The van der Waals surface area contributed by atoms with Crippen LogP contribution in [0.3, 0.4) is 0 Å². The van der Waals surface area contributed by atoms with Gasteiger partial charge in [0.2, 0.25) is 0 Å². The average molecular weight is 143 g/mol. The van der Waals surface area contributed by atoms with Crippen LogP contribution in [-0.2, 0) is 0 Å². The third-order valence-corrected chi connectivity index (χ3v) is 2.43. The Morgan fingerprint density at radius 3 is 2.30 bits per heavy atom. The fourth-order valence-corrected chi connectivity index (χ4v) is 1.66. The Labute approximate surface area is 62.4 Å². The molecule has 1 aliphatic rings. The maximum absolute atomic E-state index is 8.65. The summed E-state index contributed by atoms with van der Waals surface area (Å²) in [5.41, 5.74) is 5.73. The van der Waals surface area contributed by atoms with E-state index in [0.717, 1.165) is 25.2 Å². The highest BCUT2D eigenvalue weighted by atomic mass is 16.3. The maximum Gasteiger partial charge on any atom is 0.0433 e. The molecule has 0 heterocycles. The zero-order valence-corrected chi connectivity index (χ0v) is 6.42. The van der Waals surface area contributed by atoms with E-state index >= 15 is 0 Å². The van der Waals surface area contributed by atoms with Crippen molar-refractivity contribution in [3.05, 3.63) is 0 Å². The van der Waals surface area contributed by atoms with E-state index in [0.29, 0.717) is 12.6 Å². The van der Waals surface area contributed by atoms with Crippen molar-refractivity contribution >= 4 is 0 Å². The second kappa shape index (κ2) is 3.94. The highest BCUT2D eigenvalue weighted by molar-refractivity contribution is 4.73. The molecule has 0 aromatic heterocycles. The number of hydrogen-bond acceptors (Lipinski definition) is 2. The fourth-order valence-electron chi connectivity index (χ4n) is 1.66. The van der Waals surface area contributed by atoms with Crippen molar-refractivity contribution in [1.82, 2.24) is 0 Å². The van der Waals surface area contributed by atoms with Gasteiger partial charge in [-0.15, -0.1) is 0 Å². The summed E-state index contributed by atoms with van der Waals surface area (Å²) >= 11 is 0. The van der Waals surface area contributed by atoms with Crippen LogP contribution in [0, 0.1) is 5.92 Å². The zero-order chi connectivity index (χ0) is 7.40. The molecule has 2 heteroatoms. The molecule has 10 heavy (non-hydrogen) atoms. The molecule has 1 fully saturated rings. The Balaban J connectivity index is 2.13. The lowest BCUT2D eigenvalue weighted by Gasteiger charge is -2.25. The molecule has 1 rings (SSSR count). The summed E-state index contributed by atoms with van der Waals surface area (Å²) in [7, 11) is 0. The summed E-state index contributed by atoms with van der Waals surface area (Å²) in [4.78, 5) is 0. The van der Waals surface area contributed by atoms with E-state index in [1.54, 1.807) is 0 Å². The summed E-state index contributed by atoms with van der Waals surface area (Å²) < 4.78 is 0. The Morgan fingerprint density at radius 2 is 1.80 bits per heavy atom. The number of aliphatic hydroxyl groups excluding tert-OH is 1. The van der Waals surface area contributed by atoms with Gasteiger partial charge in [0.25, 0.3) is 0 Å². The molecule has 60 valence electrons. The van der Waals surface area contributed by atoms with Gasteiger partial charge < -0.3 is 10.8 Å². The van der Waals surface area contributed by atoms with Crippen molar-refractivity contribution in [2.45, 2.75) is 38.1 Å². The summed E-state index contributed by atoms with van der Waals surface area (Å²) in [6, 6.07) is 0.440. The van der Waals surface area contributed by atoms with Gasteiger partial charge >= 0.3 is 0 Å². The molecule has 2 nitrogen and oxygen atoms in total. The normalized spacial score (nSPS) is 34.2. The number of aliphatic hydroxyl groups is 1. The van der Waals surface area contributed by atoms with Crippen LogP contribution in [0.5, 0.6) is 0 Å². The van der Waals surface area contributed by atoms with Crippen molar-refractivity contribution in [1.29, 1.82) is 0 Å². The van der Waals surface area contributed by atoms with Gasteiger partial charge in [-0.25, -0.2) is 0 Å². The van der Waals surface area contributed by atoms with Gasteiger partial charge in [-0.1, -0.05) is 0 Å². The smallest absolute Gasteiger partial charge is 0.0433 e. The Hall–Kier alpha value is -0.0800. The van der Waals surface area contributed by atoms with Crippen LogP contribution >= 0.6 is 0 Å². The van der Waals surface area contributed by atoms with Crippen LogP contribution in [0.25, 0.3) is 0 Å². The Kier molecular flexibility index (Phi) is 3.16. The summed E-state index contributed by atoms with van der Waals surface area (Å²) in [5, 5.41) is 8.65. The Bertz CT molecular complexity index is 87.3. The van der Waals surface area contributed by atoms with E-state index in [4.69, 9.17) is 10.8 Å². The van der Waals surface area contributed by atoms with E-state index in [-0.39, 0.29) is 0 Å². The summed E-state index contributed by atoms with van der Waals surface area (Å²) in [5.74, 6) is 0.754. The van der Waals surface area contributed by atoms with Gasteiger partial charge in [-0.05, 0) is 38.0 Å². The second-order valence-corrected chi connectivity index (χ2v) is 3.29.